The third-order valence-corrected chi connectivity index (χ3v) is 4.53. The number of halogens is 1. The molecule has 0 radical (unpaired) electrons. The van der Waals surface area contributed by atoms with Gasteiger partial charge in [-0.25, -0.2) is 9.18 Å². The molecule has 1 aliphatic heterocycles. The number of para-hydroxylation sites is 1. The van der Waals surface area contributed by atoms with Crippen LogP contribution in [0.4, 0.5) is 14.9 Å². The maximum atomic E-state index is 14.7. The fourth-order valence-electron chi connectivity index (χ4n) is 3.32. The van der Waals surface area contributed by atoms with E-state index in [4.69, 9.17) is 9.15 Å². The Hall–Kier alpha value is -2.83. The van der Waals surface area contributed by atoms with Gasteiger partial charge in [-0.3, -0.25) is 4.79 Å². The van der Waals surface area contributed by atoms with Crippen molar-refractivity contribution in [3.05, 3.63) is 41.9 Å². The predicted octanol–water partition coefficient (Wildman–Crippen LogP) is 4.39. The van der Waals surface area contributed by atoms with Crippen LogP contribution in [0.15, 0.2) is 34.7 Å². The Labute approximate surface area is 163 Å². The molecule has 0 unspecified atom stereocenters. The average Bonchev–Trinajstić information content (AvgIpc) is 3.10. The molecule has 0 bridgehead atoms. The topological polar surface area (TPSA) is 71.8 Å². The van der Waals surface area contributed by atoms with Gasteiger partial charge in [0, 0.05) is 24.7 Å². The number of nitrogens with one attached hydrogen (secondary N) is 1. The van der Waals surface area contributed by atoms with Crippen LogP contribution in [0.1, 0.15) is 44.2 Å². The maximum Gasteiger partial charge on any atom is 0.407 e. The molecule has 0 aliphatic carbocycles. The molecule has 0 saturated carbocycles. The maximum absolute atomic E-state index is 14.7. The molecule has 150 valence electrons. The molecule has 3 rings (SSSR count). The van der Waals surface area contributed by atoms with Crippen LogP contribution in [-0.4, -0.2) is 37.1 Å². The molecule has 0 spiro atoms. The van der Waals surface area contributed by atoms with Crippen molar-refractivity contribution in [1.82, 2.24) is 5.32 Å². The first-order valence-corrected chi connectivity index (χ1v) is 9.35. The van der Waals surface area contributed by atoms with E-state index in [0.29, 0.717) is 49.2 Å². The summed E-state index contributed by atoms with van der Waals surface area (Å²) in [4.78, 5) is 24.8. The fourth-order valence-corrected chi connectivity index (χ4v) is 3.32. The van der Waals surface area contributed by atoms with Gasteiger partial charge in [-0.2, -0.15) is 0 Å². The molecule has 1 fully saturated rings. The number of furan rings is 1. The van der Waals surface area contributed by atoms with Gasteiger partial charge < -0.3 is 19.4 Å². The average molecular weight is 388 g/mol. The van der Waals surface area contributed by atoms with Crippen LogP contribution in [-0.2, 0) is 4.74 Å². The number of carbonyl (C=O) groups excluding carboxylic acids is 2. The lowest BCUT2D eigenvalue weighted by molar-refractivity contribution is 0.0497. The Morgan fingerprint density at radius 2 is 1.96 bits per heavy atom. The van der Waals surface area contributed by atoms with Gasteiger partial charge in [0.05, 0.1) is 5.69 Å². The summed E-state index contributed by atoms with van der Waals surface area (Å²) >= 11 is 0. The van der Waals surface area contributed by atoms with Crippen molar-refractivity contribution in [2.24, 2.45) is 0 Å². The zero-order chi connectivity index (χ0) is 20.3. The first kappa shape index (κ1) is 19.9. The molecule has 1 aliphatic rings. The SMILES string of the molecule is CC(C)(C)OC(=O)NC1CCN(c2c(F)cccc2-c2ccc(C=O)o2)CC1. The van der Waals surface area contributed by atoms with Gasteiger partial charge in [-0.15, -0.1) is 0 Å². The van der Waals surface area contributed by atoms with Crippen LogP contribution in [0.5, 0.6) is 0 Å². The first-order valence-electron chi connectivity index (χ1n) is 9.35. The number of alkyl carbamates (subject to hydrolysis) is 1. The molecule has 28 heavy (non-hydrogen) atoms. The number of carbonyl (C=O) groups is 2. The van der Waals surface area contributed by atoms with Crippen molar-refractivity contribution in [3.8, 4) is 11.3 Å². The summed E-state index contributed by atoms with van der Waals surface area (Å²) in [5.74, 6) is 0.302. The number of amides is 1. The van der Waals surface area contributed by atoms with E-state index >= 15 is 0 Å². The van der Waals surface area contributed by atoms with E-state index in [1.807, 2.05) is 25.7 Å². The summed E-state index contributed by atoms with van der Waals surface area (Å²) in [5.41, 5.74) is 0.507. The van der Waals surface area contributed by atoms with E-state index < -0.39 is 11.7 Å². The molecular formula is C21H25FN2O4. The zero-order valence-electron chi connectivity index (χ0n) is 16.3. The Morgan fingerprint density at radius 3 is 2.57 bits per heavy atom. The molecule has 1 saturated heterocycles. The second-order valence-electron chi connectivity index (χ2n) is 7.86. The van der Waals surface area contributed by atoms with Crippen molar-refractivity contribution in [3.63, 3.8) is 0 Å². The normalized spacial score (nSPS) is 15.4. The van der Waals surface area contributed by atoms with Gasteiger partial charge in [0.2, 0.25) is 0 Å². The summed E-state index contributed by atoms with van der Waals surface area (Å²) in [7, 11) is 0. The Bertz CT molecular complexity index is 848. The number of anilines is 1. The van der Waals surface area contributed by atoms with Crippen LogP contribution < -0.4 is 10.2 Å². The second-order valence-corrected chi connectivity index (χ2v) is 7.86. The number of rotatable bonds is 4. The summed E-state index contributed by atoms with van der Waals surface area (Å²) in [6.45, 7) is 6.62. The lowest BCUT2D eigenvalue weighted by Gasteiger charge is -2.35. The molecule has 7 heteroatoms. The second kappa shape index (κ2) is 8.04. The lowest BCUT2D eigenvalue weighted by atomic mass is 10.0. The largest absolute Gasteiger partial charge is 0.453 e. The summed E-state index contributed by atoms with van der Waals surface area (Å²) in [6.07, 6.45) is 1.53. The number of ether oxygens (including phenoxy) is 1. The molecule has 6 nitrogen and oxygen atoms in total. The predicted molar refractivity (Wildman–Crippen MR) is 104 cm³/mol. The summed E-state index contributed by atoms with van der Waals surface area (Å²) in [6, 6.07) is 8.01. The lowest BCUT2D eigenvalue weighted by Crippen LogP contribution is -2.46. The van der Waals surface area contributed by atoms with Gasteiger partial charge >= 0.3 is 6.09 Å². The highest BCUT2D eigenvalue weighted by Gasteiger charge is 2.27. The molecule has 1 amide bonds. The van der Waals surface area contributed by atoms with E-state index in [9.17, 15) is 14.0 Å². The Balaban J connectivity index is 1.71. The van der Waals surface area contributed by atoms with E-state index in [1.54, 1.807) is 24.3 Å². The number of piperidine rings is 1. The van der Waals surface area contributed by atoms with Crippen LogP contribution in [0.2, 0.25) is 0 Å². The summed E-state index contributed by atoms with van der Waals surface area (Å²) < 4.78 is 25.4. The molecule has 1 N–H and O–H groups in total. The monoisotopic (exact) mass is 388 g/mol. The minimum Gasteiger partial charge on any atom is -0.453 e. The highest BCUT2D eigenvalue weighted by Crippen LogP contribution is 2.35. The van der Waals surface area contributed by atoms with Gasteiger partial charge in [-0.1, -0.05) is 6.07 Å². The number of hydrogen-bond acceptors (Lipinski definition) is 5. The number of aldehydes is 1. The number of benzene rings is 1. The number of hydrogen-bond donors (Lipinski definition) is 1. The third-order valence-electron chi connectivity index (χ3n) is 4.53. The van der Waals surface area contributed by atoms with E-state index in [2.05, 4.69) is 5.32 Å². The standard InChI is InChI=1S/C21H25FN2O4/c1-21(2,3)28-20(26)23-14-9-11-24(12-10-14)19-16(5-4-6-17(19)22)18-8-7-15(13-25)27-18/h4-8,13-14H,9-12H2,1-3H3,(H,23,26). The van der Waals surface area contributed by atoms with Gasteiger partial charge in [0.1, 0.15) is 17.2 Å². The minimum atomic E-state index is -0.545. The highest BCUT2D eigenvalue weighted by molar-refractivity contribution is 5.79. The van der Waals surface area contributed by atoms with Crippen LogP contribution in [0.3, 0.4) is 0 Å². The highest BCUT2D eigenvalue weighted by atomic mass is 19.1. The molecule has 1 aromatic heterocycles. The smallest absolute Gasteiger partial charge is 0.407 e. The van der Waals surface area contributed by atoms with E-state index in [0.717, 1.165) is 0 Å². The fraction of sp³-hybridized carbons (Fsp3) is 0.429. The van der Waals surface area contributed by atoms with Crippen molar-refractivity contribution in [1.29, 1.82) is 0 Å². The molecular weight excluding hydrogens is 363 g/mol. The van der Waals surface area contributed by atoms with Crippen LogP contribution >= 0.6 is 0 Å². The van der Waals surface area contributed by atoms with Crippen molar-refractivity contribution >= 4 is 18.1 Å². The minimum absolute atomic E-state index is 0.0217. The van der Waals surface area contributed by atoms with Crippen molar-refractivity contribution in [2.45, 2.75) is 45.3 Å². The van der Waals surface area contributed by atoms with Gasteiger partial charge in [-0.05, 0) is 57.9 Å². The first-order chi connectivity index (χ1) is 13.3. The van der Waals surface area contributed by atoms with Crippen molar-refractivity contribution < 1.29 is 23.1 Å². The zero-order valence-corrected chi connectivity index (χ0v) is 16.3. The Kier molecular flexibility index (Phi) is 5.72. The van der Waals surface area contributed by atoms with Gasteiger partial charge in [0.15, 0.2) is 12.0 Å². The van der Waals surface area contributed by atoms with Crippen LogP contribution in [0.25, 0.3) is 11.3 Å². The molecule has 2 aromatic rings. The molecule has 1 aromatic carbocycles. The van der Waals surface area contributed by atoms with Crippen molar-refractivity contribution in [2.75, 3.05) is 18.0 Å². The quantitative estimate of drug-likeness (QED) is 0.787. The van der Waals surface area contributed by atoms with Gasteiger partial charge in [0.25, 0.3) is 0 Å². The van der Waals surface area contributed by atoms with E-state index in [1.165, 1.54) is 6.07 Å². The molecule has 2 heterocycles. The van der Waals surface area contributed by atoms with E-state index in [-0.39, 0.29) is 17.6 Å². The molecule has 0 atom stereocenters. The third kappa shape index (κ3) is 4.71. The number of nitrogens with zero attached hydrogens (tertiary/aromatic N) is 1. The Morgan fingerprint density at radius 1 is 1.25 bits per heavy atom. The van der Waals surface area contributed by atoms with Crippen LogP contribution in [0, 0.1) is 5.82 Å². The summed E-state index contributed by atoms with van der Waals surface area (Å²) in [5, 5.41) is 2.88.